The van der Waals surface area contributed by atoms with Crippen molar-refractivity contribution in [3.8, 4) is 0 Å². The molecule has 2 aromatic rings. The predicted octanol–water partition coefficient (Wildman–Crippen LogP) is 0.772. The van der Waals surface area contributed by atoms with Crippen molar-refractivity contribution < 1.29 is 14.4 Å². The number of nitrogens with one attached hydrogen (secondary N) is 3. The molecule has 0 saturated carbocycles. The second-order valence-corrected chi connectivity index (χ2v) is 6.58. The fourth-order valence-corrected chi connectivity index (χ4v) is 3.33. The summed E-state index contributed by atoms with van der Waals surface area (Å²) in [5, 5.41) is 8.18. The third-order valence-electron chi connectivity index (χ3n) is 4.71. The fourth-order valence-electron chi connectivity index (χ4n) is 3.33. The molecule has 3 heterocycles. The van der Waals surface area contributed by atoms with Crippen LogP contribution in [0.2, 0.25) is 0 Å². The molecule has 27 heavy (non-hydrogen) atoms. The van der Waals surface area contributed by atoms with Crippen molar-refractivity contribution in [2.75, 3.05) is 29.9 Å². The van der Waals surface area contributed by atoms with E-state index in [0.29, 0.717) is 23.4 Å². The quantitative estimate of drug-likeness (QED) is 0.746. The molecule has 1 saturated heterocycles. The summed E-state index contributed by atoms with van der Waals surface area (Å²) in [5.41, 5.74) is 1.10. The number of anilines is 2. The van der Waals surface area contributed by atoms with E-state index in [1.54, 1.807) is 24.4 Å². The summed E-state index contributed by atoms with van der Waals surface area (Å²) in [4.78, 5) is 42.7. The van der Waals surface area contributed by atoms with Gasteiger partial charge in [0.25, 0.3) is 11.8 Å². The van der Waals surface area contributed by atoms with E-state index >= 15 is 0 Å². The maximum atomic E-state index is 12.6. The Labute approximate surface area is 156 Å². The highest BCUT2D eigenvalue weighted by molar-refractivity contribution is 6.10. The van der Waals surface area contributed by atoms with E-state index in [4.69, 9.17) is 0 Å². The molecule has 8 heteroatoms. The third-order valence-corrected chi connectivity index (χ3v) is 4.71. The first-order valence-corrected chi connectivity index (χ1v) is 8.79. The highest BCUT2D eigenvalue weighted by Gasteiger charge is 2.26. The minimum atomic E-state index is -0.336. The summed E-state index contributed by atoms with van der Waals surface area (Å²) >= 11 is 0. The Bertz CT molecular complexity index is 899. The van der Waals surface area contributed by atoms with Crippen molar-refractivity contribution in [3.63, 3.8) is 0 Å². The maximum absolute atomic E-state index is 12.6. The number of carbonyl (C=O) groups is 3. The molecule has 8 nitrogen and oxygen atoms in total. The number of aromatic nitrogens is 1. The summed E-state index contributed by atoms with van der Waals surface area (Å²) < 4.78 is 0. The topological polar surface area (TPSA) is 103 Å². The lowest BCUT2D eigenvalue weighted by Gasteiger charge is -2.18. The van der Waals surface area contributed by atoms with E-state index < -0.39 is 0 Å². The van der Waals surface area contributed by atoms with Gasteiger partial charge >= 0.3 is 0 Å². The number of hydrogen-bond acceptors (Lipinski definition) is 5. The Morgan fingerprint density at radius 2 is 2.11 bits per heavy atom. The lowest BCUT2D eigenvalue weighted by molar-refractivity contribution is -0.115. The Morgan fingerprint density at radius 1 is 1.22 bits per heavy atom. The predicted molar refractivity (Wildman–Crippen MR) is 99.7 cm³/mol. The SMILES string of the molecule is O=C1CNC(=O)c2ccc(C(=O)NC3CCN(c4ccccn4)C3)cc2N1. The number of benzene rings is 1. The Morgan fingerprint density at radius 3 is 2.93 bits per heavy atom. The first kappa shape index (κ1) is 17.0. The van der Waals surface area contributed by atoms with Crippen molar-refractivity contribution in [3.05, 3.63) is 53.7 Å². The zero-order valence-corrected chi connectivity index (χ0v) is 14.6. The van der Waals surface area contributed by atoms with Crippen LogP contribution >= 0.6 is 0 Å². The largest absolute Gasteiger partial charge is 0.354 e. The van der Waals surface area contributed by atoms with Gasteiger partial charge in [-0.1, -0.05) is 6.07 Å². The van der Waals surface area contributed by atoms with Crippen LogP contribution in [0.1, 0.15) is 27.1 Å². The minimum Gasteiger partial charge on any atom is -0.354 e. The highest BCUT2D eigenvalue weighted by atomic mass is 16.2. The molecule has 1 fully saturated rings. The molecule has 2 aliphatic heterocycles. The van der Waals surface area contributed by atoms with Crippen LogP contribution in [0.4, 0.5) is 11.5 Å². The van der Waals surface area contributed by atoms with E-state index in [0.717, 1.165) is 18.8 Å². The van der Waals surface area contributed by atoms with Crippen molar-refractivity contribution in [1.29, 1.82) is 0 Å². The van der Waals surface area contributed by atoms with Crippen molar-refractivity contribution in [2.24, 2.45) is 0 Å². The lowest BCUT2D eigenvalue weighted by atomic mass is 10.1. The summed E-state index contributed by atoms with van der Waals surface area (Å²) in [5.74, 6) is 0.0103. The van der Waals surface area contributed by atoms with Crippen LogP contribution in [-0.2, 0) is 4.79 Å². The second-order valence-electron chi connectivity index (χ2n) is 6.58. The van der Waals surface area contributed by atoms with Crippen LogP contribution in [0.25, 0.3) is 0 Å². The number of fused-ring (bicyclic) bond motifs is 1. The van der Waals surface area contributed by atoms with Crippen LogP contribution in [0.5, 0.6) is 0 Å². The maximum Gasteiger partial charge on any atom is 0.253 e. The second kappa shape index (κ2) is 7.06. The standard InChI is InChI=1S/C19H19N5O3/c25-17-10-21-19(27)14-5-4-12(9-15(14)23-17)18(26)22-13-6-8-24(11-13)16-3-1-2-7-20-16/h1-5,7,9,13H,6,8,10-11H2,(H,21,27)(H,22,26)(H,23,25). The van der Waals surface area contributed by atoms with Gasteiger partial charge < -0.3 is 20.9 Å². The first-order valence-electron chi connectivity index (χ1n) is 8.79. The molecule has 1 unspecified atom stereocenters. The average Bonchev–Trinajstić information content (AvgIpc) is 3.09. The van der Waals surface area contributed by atoms with Gasteiger partial charge in [-0.15, -0.1) is 0 Å². The molecule has 0 aliphatic carbocycles. The first-order chi connectivity index (χ1) is 13.1. The summed E-state index contributed by atoms with van der Waals surface area (Å²) in [7, 11) is 0. The molecule has 1 aromatic carbocycles. The van der Waals surface area contributed by atoms with Crippen molar-refractivity contribution >= 4 is 29.2 Å². The molecule has 4 rings (SSSR count). The van der Waals surface area contributed by atoms with E-state index in [1.807, 2.05) is 18.2 Å². The number of pyridine rings is 1. The number of amides is 3. The summed E-state index contributed by atoms with van der Waals surface area (Å²) in [6.07, 6.45) is 2.58. The van der Waals surface area contributed by atoms with Gasteiger partial charge in [0, 0.05) is 30.9 Å². The highest BCUT2D eigenvalue weighted by Crippen LogP contribution is 2.21. The Balaban J connectivity index is 1.45. The number of hydrogen-bond donors (Lipinski definition) is 3. The number of rotatable bonds is 3. The summed E-state index contributed by atoms with van der Waals surface area (Å²) in [6.45, 7) is 1.43. The number of carbonyl (C=O) groups excluding carboxylic acids is 3. The number of nitrogens with zero attached hydrogens (tertiary/aromatic N) is 2. The molecule has 0 spiro atoms. The molecule has 0 radical (unpaired) electrons. The zero-order valence-electron chi connectivity index (χ0n) is 14.6. The van der Waals surface area contributed by atoms with Gasteiger partial charge in [-0.2, -0.15) is 0 Å². The van der Waals surface area contributed by atoms with Crippen molar-refractivity contribution in [1.82, 2.24) is 15.6 Å². The zero-order chi connectivity index (χ0) is 18.8. The van der Waals surface area contributed by atoms with Crippen molar-refractivity contribution in [2.45, 2.75) is 12.5 Å². The van der Waals surface area contributed by atoms with E-state index in [2.05, 4.69) is 25.8 Å². The minimum absolute atomic E-state index is 0.0104. The van der Waals surface area contributed by atoms with Gasteiger partial charge in [0.05, 0.1) is 17.8 Å². The normalized spacial score (nSPS) is 19.0. The molecule has 0 bridgehead atoms. The monoisotopic (exact) mass is 365 g/mol. The van der Waals surface area contributed by atoms with Gasteiger partial charge in [0.1, 0.15) is 5.82 Å². The van der Waals surface area contributed by atoms with Gasteiger partial charge in [-0.3, -0.25) is 14.4 Å². The van der Waals surface area contributed by atoms with Crippen LogP contribution in [0.3, 0.4) is 0 Å². The van der Waals surface area contributed by atoms with Crippen LogP contribution in [0.15, 0.2) is 42.6 Å². The molecule has 138 valence electrons. The van der Waals surface area contributed by atoms with Crippen LogP contribution in [-0.4, -0.2) is 48.4 Å². The molecule has 2 aliphatic rings. The molecule has 3 amide bonds. The van der Waals surface area contributed by atoms with E-state index in [-0.39, 0.29) is 30.3 Å². The molecule has 1 atom stereocenters. The third kappa shape index (κ3) is 3.59. The summed E-state index contributed by atoms with van der Waals surface area (Å²) in [6, 6.07) is 10.5. The van der Waals surface area contributed by atoms with E-state index in [1.165, 1.54) is 0 Å². The van der Waals surface area contributed by atoms with Crippen LogP contribution < -0.4 is 20.9 Å². The molecule has 3 N–H and O–H groups in total. The van der Waals surface area contributed by atoms with Gasteiger partial charge in [0.15, 0.2) is 0 Å². The Hall–Kier alpha value is -3.42. The smallest absolute Gasteiger partial charge is 0.253 e. The van der Waals surface area contributed by atoms with Gasteiger partial charge in [-0.05, 0) is 36.8 Å². The average molecular weight is 365 g/mol. The Kier molecular flexibility index (Phi) is 4.45. The molecule has 1 aromatic heterocycles. The molecular weight excluding hydrogens is 346 g/mol. The van der Waals surface area contributed by atoms with Crippen LogP contribution in [0, 0.1) is 0 Å². The van der Waals surface area contributed by atoms with Gasteiger partial charge in [-0.25, -0.2) is 4.98 Å². The fraction of sp³-hybridized carbons (Fsp3) is 0.263. The van der Waals surface area contributed by atoms with E-state index in [9.17, 15) is 14.4 Å². The van der Waals surface area contributed by atoms with Gasteiger partial charge in [0.2, 0.25) is 5.91 Å². The lowest BCUT2D eigenvalue weighted by Crippen LogP contribution is -2.37. The molecular formula is C19H19N5O3.